The first-order valence-corrected chi connectivity index (χ1v) is 7.10. The van der Waals surface area contributed by atoms with Crippen molar-refractivity contribution in [3.8, 4) is 0 Å². The second-order valence-electron chi connectivity index (χ2n) is 5.58. The average Bonchev–Trinajstić information content (AvgIpc) is 2.96. The number of aryl methyl sites for hydroxylation is 1. The lowest BCUT2D eigenvalue weighted by atomic mass is 10.1. The van der Waals surface area contributed by atoms with Crippen molar-refractivity contribution in [2.45, 2.75) is 18.9 Å². The van der Waals surface area contributed by atoms with Crippen LogP contribution in [0.5, 0.6) is 0 Å². The van der Waals surface area contributed by atoms with Gasteiger partial charge in [-0.2, -0.15) is 4.98 Å². The van der Waals surface area contributed by atoms with Crippen molar-refractivity contribution < 1.29 is 0 Å². The molecule has 3 heterocycles. The highest BCUT2D eigenvalue weighted by Gasteiger charge is 2.22. The summed E-state index contributed by atoms with van der Waals surface area (Å²) in [5.41, 5.74) is 0.0495. The van der Waals surface area contributed by atoms with Crippen LogP contribution < -0.4 is 21.5 Å². The van der Waals surface area contributed by atoms with Crippen LogP contribution in [-0.4, -0.2) is 45.3 Å². The first kappa shape index (κ1) is 13.9. The number of aromatic amines is 1. The summed E-state index contributed by atoms with van der Waals surface area (Å²) in [5.74, 6) is 0.622. The summed E-state index contributed by atoms with van der Waals surface area (Å²) in [6, 6.07) is 0.334. The van der Waals surface area contributed by atoms with E-state index in [1.165, 1.54) is 11.6 Å². The molecular weight excluding hydrogens is 272 g/mol. The van der Waals surface area contributed by atoms with Crippen molar-refractivity contribution in [3.63, 3.8) is 0 Å². The molecule has 0 radical (unpaired) electrons. The molecule has 1 unspecified atom stereocenters. The number of piperidine rings is 1. The second kappa shape index (κ2) is 5.03. The van der Waals surface area contributed by atoms with Gasteiger partial charge in [-0.3, -0.25) is 13.9 Å². The molecule has 21 heavy (non-hydrogen) atoms. The van der Waals surface area contributed by atoms with Gasteiger partial charge in [0.15, 0.2) is 11.2 Å². The number of likely N-dealkylation sites (N-methyl/N-ethyl adjacent to an activating group) is 1. The predicted molar refractivity (Wildman–Crippen MR) is 80.9 cm³/mol. The van der Waals surface area contributed by atoms with E-state index in [0.29, 0.717) is 23.2 Å². The summed E-state index contributed by atoms with van der Waals surface area (Å²) in [5, 5.41) is 3.36. The molecule has 0 aromatic carbocycles. The molecule has 2 aromatic heterocycles. The molecule has 1 saturated heterocycles. The summed E-state index contributed by atoms with van der Waals surface area (Å²) in [6.07, 6.45) is 2.20. The maximum absolute atomic E-state index is 12.2. The lowest BCUT2D eigenvalue weighted by molar-refractivity contribution is 0.442. The van der Waals surface area contributed by atoms with E-state index in [4.69, 9.17) is 0 Å². The third-order valence-corrected chi connectivity index (χ3v) is 4.23. The first-order chi connectivity index (χ1) is 10.0. The lowest BCUT2D eigenvalue weighted by Gasteiger charge is -2.31. The predicted octanol–water partition coefficient (Wildman–Crippen LogP) is -0.851. The summed E-state index contributed by atoms with van der Waals surface area (Å²) in [4.78, 5) is 33.6. The molecule has 0 aliphatic carbocycles. The number of fused-ring (bicyclic) bond motifs is 1. The number of H-pyrrole nitrogens is 1. The van der Waals surface area contributed by atoms with E-state index in [2.05, 4.69) is 15.3 Å². The lowest BCUT2D eigenvalue weighted by Crippen LogP contribution is -2.44. The van der Waals surface area contributed by atoms with Crippen LogP contribution in [0, 0.1) is 0 Å². The molecule has 2 N–H and O–H groups in total. The van der Waals surface area contributed by atoms with Crippen LogP contribution in [0.15, 0.2) is 9.59 Å². The van der Waals surface area contributed by atoms with E-state index in [0.717, 1.165) is 30.5 Å². The van der Waals surface area contributed by atoms with Gasteiger partial charge in [-0.1, -0.05) is 0 Å². The Morgan fingerprint density at radius 3 is 2.71 bits per heavy atom. The van der Waals surface area contributed by atoms with Crippen LogP contribution in [0.3, 0.4) is 0 Å². The second-order valence-corrected chi connectivity index (χ2v) is 5.58. The van der Waals surface area contributed by atoms with Crippen molar-refractivity contribution in [2.24, 2.45) is 14.1 Å². The number of hydrogen-bond donors (Lipinski definition) is 2. The Balaban J connectivity index is 2.09. The summed E-state index contributed by atoms with van der Waals surface area (Å²) in [7, 11) is 5.05. The molecule has 1 aliphatic rings. The SMILES string of the molecule is CN(c1nc2c([nH]1)c(=O)n(C)c(=O)n2C)C1CCCNC1. The zero-order valence-electron chi connectivity index (χ0n) is 12.5. The zero-order valence-corrected chi connectivity index (χ0v) is 12.5. The fourth-order valence-electron chi connectivity index (χ4n) is 2.82. The number of rotatable bonds is 2. The molecule has 0 saturated carbocycles. The Bertz CT molecular complexity index is 780. The highest BCUT2D eigenvalue weighted by Crippen LogP contribution is 2.17. The van der Waals surface area contributed by atoms with Crippen molar-refractivity contribution in [2.75, 3.05) is 25.0 Å². The van der Waals surface area contributed by atoms with Crippen molar-refractivity contribution in [1.29, 1.82) is 0 Å². The largest absolute Gasteiger partial charge is 0.341 e. The molecule has 1 atom stereocenters. The molecule has 3 rings (SSSR count). The van der Waals surface area contributed by atoms with E-state index in [1.54, 1.807) is 7.05 Å². The molecule has 8 nitrogen and oxygen atoms in total. The Morgan fingerprint density at radius 1 is 1.29 bits per heavy atom. The molecule has 0 spiro atoms. The average molecular weight is 292 g/mol. The minimum absolute atomic E-state index is 0.334. The van der Waals surface area contributed by atoms with E-state index in [9.17, 15) is 9.59 Å². The van der Waals surface area contributed by atoms with Gasteiger partial charge in [0.1, 0.15) is 0 Å². The van der Waals surface area contributed by atoms with Gasteiger partial charge in [0.25, 0.3) is 5.56 Å². The van der Waals surface area contributed by atoms with Gasteiger partial charge in [-0.15, -0.1) is 0 Å². The number of aromatic nitrogens is 4. The highest BCUT2D eigenvalue weighted by molar-refractivity contribution is 5.73. The standard InChI is InChI=1S/C13H20N6O2/c1-17(8-5-4-6-14-7-8)12-15-9-10(16-12)18(2)13(21)19(3)11(9)20/h8,14H,4-7H2,1-3H3,(H,15,16). The van der Waals surface area contributed by atoms with E-state index in [1.807, 2.05) is 11.9 Å². The maximum Gasteiger partial charge on any atom is 0.332 e. The maximum atomic E-state index is 12.2. The minimum atomic E-state index is -0.368. The molecule has 0 amide bonds. The van der Waals surface area contributed by atoms with E-state index >= 15 is 0 Å². The zero-order chi connectivity index (χ0) is 15.1. The Kier molecular flexibility index (Phi) is 3.32. The Labute approximate surface area is 121 Å². The molecule has 2 aromatic rings. The van der Waals surface area contributed by atoms with Crippen LogP contribution >= 0.6 is 0 Å². The van der Waals surface area contributed by atoms with Gasteiger partial charge in [-0.05, 0) is 19.4 Å². The summed E-state index contributed by atoms with van der Waals surface area (Å²) < 4.78 is 2.48. The molecule has 8 heteroatoms. The van der Waals surface area contributed by atoms with Crippen LogP contribution in [0.2, 0.25) is 0 Å². The summed E-state index contributed by atoms with van der Waals surface area (Å²) in [6.45, 7) is 1.93. The molecular formula is C13H20N6O2. The number of nitrogens with zero attached hydrogens (tertiary/aromatic N) is 4. The van der Waals surface area contributed by atoms with E-state index < -0.39 is 0 Å². The topological polar surface area (TPSA) is 88.0 Å². The van der Waals surface area contributed by atoms with Crippen LogP contribution in [0.1, 0.15) is 12.8 Å². The first-order valence-electron chi connectivity index (χ1n) is 7.10. The smallest absolute Gasteiger partial charge is 0.332 e. The Morgan fingerprint density at radius 2 is 2.05 bits per heavy atom. The third kappa shape index (κ3) is 2.15. The highest BCUT2D eigenvalue weighted by atomic mass is 16.2. The van der Waals surface area contributed by atoms with Gasteiger partial charge < -0.3 is 15.2 Å². The third-order valence-electron chi connectivity index (χ3n) is 4.23. The van der Waals surface area contributed by atoms with Gasteiger partial charge in [0.05, 0.1) is 0 Å². The molecule has 1 fully saturated rings. The monoisotopic (exact) mass is 292 g/mol. The fourth-order valence-corrected chi connectivity index (χ4v) is 2.82. The van der Waals surface area contributed by atoms with Gasteiger partial charge in [0.2, 0.25) is 5.95 Å². The quantitative estimate of drug-likeness (QED) is 0.753. The normalized spacial score (nSPS) is 19.1. The molecule has 1 aliphatic heterocycles. The van der Waals surface area contributed by atoms with Crippen LogP contribution in [0.25, 0.3) is 11.2 Å². The summed E-state index contributed by atoms with van der Waals surface area (Å²) >= 11 is 0. The fraction of sp³-hybridized carbons (Fsp3) is 0.615. The number of anilines is 1. The van der Waals surface area contributed by atoms with Crippen molar-refractivity contribution in [3.05, 3.63) is 20.8 Å². The minimum Gasteiger partial charge on any atom is -0.341 e. The van der Waals surface area contributed by atoms with Gasteiger partial charge >= 0.3 is 5.69 Å². The number of hydrogen-bond acceptors (Lipinski definition) is 5. The number of nitrogens with one attached hydrogen (secondary N) is 2. The van der Waals surface area contributed by atoms with Gasteiger partial charge in [0, 0.05) is 33.7 Å². The van der Waals surface area contributed by atoms with Crippen LogP contribution in [0.4, 0.5) is 5.95 Å². The van der Waals surface area contributed by atoms with Crippen molar-refractivity contribution in [1.82, 2.24) is 24.4 Å². The van der Waals surface area contributed by atoms with Gasteiger partial charge in [-0.25, -0.2) is 4.79 Å². The van der Waals surface area contributed by atoms with Crippen LogP contribution in [-0.2, 0) is 14.1 Å². The van der Waals surface area contributed by atoms with E-state index in [-0.39, 0.29) is 11.2 Å². The molecule has 0 bridgehead atoms. The van der Waals surface area contributed by atoms with Crippen molar-refractivity contribution >= 4 is 17.1 Å². The Hall–Kier alpha value is -2.09. The number of imidazole rings is 1. The molecule has 114 valence electrons.